The molecular formula is C51H33N3. The van der Waals surface area contributed by atoms with Crippen LogP contribution in [0.4, 0.5) is 17.3 Å². The van der Waals surface area contributed by atoms with E-state index < -0.39 is 5.41 Å². The topological polar surface area (TPSA) is 29.0 Å². The van der Waals surface area contributed by atoms with E-state index in [0.29, 0.717) is 5.95 Å². The summed E-state index contributed by atoms with van der Waals surface area (Å²) in [5, 5.41) is 1.02. The lowest BCUT2D eigenvalue weighted by Crippen LogP contribution is -2.28. The fraction of sp³-hybridized carbons (Fsp3) is 0.0196. The zero-order valence-corrected chi connectivity index (χ0v) is 29.4. The zero-order chi connectivity index (χ0) is 35.6. The van der Waals surface area contributed by atoms with Gasteiger partial charge in [0.2, 0.25) is 5.95 Å². The highest BCUT2D eigenvalue weighted by molar-refractivity contribution is 6.01. The largest absolute Gasteiger partial charge is 0.278 e. The molecule has 0 saturated heterocycles. The van der Waals surface area contributed by atoms with Crippen LogP contribution in [-0.2, 0) is 5.41 Å². The Labute approximate surface area is 314 Å². The summed E-state index contributed by atoms with van der Waals surface area (Å²) in [5.74, 6) is 0.620. The summed E-state index contributed by atoms with van der Waals surface area (Å²) in [6.45, 7) is 0. The molecule has 0 aliphatic heterocycles. The first-order valence-electron chi connectivity index (χ1n) is 18.5. The van der Waals surface area contributed by atoms with Gasteiger partial charge in [-0.05, 0) is 62.7 Å². The first-order valence-corrected chi connectivity index (χ1v) is 18.5. The highest BCUT2D eigenvalue weighted by Crippen LogP contribution is 2.65. The van der Waals surface area contributed by atoms with E-state index in [0.717, 1.165) is 44.7 Å². The van der Waals surface area contributed by atoms with Gasteiger partial charge in [-0.1, -0.05) is 182 Å². The quantitative estimate of drug-likeness (QED) is 0.180. The lowest BCUT2D eigenvalue weighted by atomic mass is 9.70. The van der Waals surface area contributed by atoms with Crippen LogP contribution in [0.1, 0.15) is 22.3 Å². The van der Waals surface area contributed by atoms with Crippen LogP contribution < -0.4 is 4.90 Å². The second kappa shape index (κ2) is 12.0. The Bertz CT molecular complexity index is 2830. The van der Waals surface area contributed by atoms with Gasteiger partial charge in [-0.3, -0.25) is 4.90 Å². The minimum absolute atomic E-state index is 0.561. The maximum absolute atomic E-state index is 5.55. The molecule has 0 radical (unpaired) electrons. The molecule has 2 aliphatic rings. The molecule has 3 heteroatoms. The number of rotatable bonds is 5. The summed E-state index contributed by atoms with van der Waals surface area (Å²) in [6, 6.07) is 71.9. The lowest BCUT2D eigenvalue weighted by molar-refractivity contribution is 0.792. The minimum atomic E-state index is -0.561. The molecule has 54 heavy (non-hydrogen) atoms. The predicted octanol–water partition coefficient (Wildman–Crippen LogP) is 12.8. The van der Waals surface area contributed by atoms with Crippen molar-refractivity contribution in [3.63, 3.8) is 0 Å². The molecule has 0 amide bonds. The Morgan fingerprint density at radius 1 is 0.352 bits per heavy atom. The molecule has 1 aromatic heterocycles. The molecule has 0 atom stereocenters. The fourth-order valence-corrected chi connectivity index (χ4v) is 9.18. The van der Waals surface area contributed by atoms with Crippen LogP contribution in [0, 0.1) is 0 Å². The molecule has 0 fully saturated rings. The molecule has 3 nitrogen and oxygen atoms in total. The Morgan fingerprint density at radius 3 is 1.50 bits per heavy atom. The third kappa shape index (κ3) is 4.30. The Kier molecular flexibility index (Phi) is 6.77. The third-order valence-corrected chi connectivity index (χ3v) is 11.3. The van der Waals surface area contributed by atoms with Crippen LogP contribution in [-0.4, -0.2) is 9.97 Å². The molecule has 9 aromatic rings. The molecule has 8 aromatic carbocycles. The predicted molar refractivity (Wildman–Crippen MR) is 221 cm³/mol. The Morgan fingerprint density at radius 2 is 0.833 bits per heavy atom. The Hall–Kier alpha value is -7.10. The number of aromatic nitrogens is 2. The van der Waals surface area contributed by atoms with Gasteiger partial charge in [0.05, 0.1) is 28.0 Å². The van der Waals surface area contributed by atoms with Gasteiger partial charge in [0, 0.05) is 22.1 Å². The molecule has 1 spiro atoms. The summed E-state index contributed by atoms with van der Waals surface area (Å²) in [6.07, 6.45) is 0. The summed E-state index contributed by atoms with van der Waals surface area (Å²) in [4.78, 5) is 13.3. The SMILES string of the molecule is c1ccc(-c2ccccc2N(c2nc(-c3ccccc3)c3ccccc3n2)c2cccc3c2C2(c4ccccc4-c4ccccc42)c2ccccc2-3)cc1. The first-order chi connectivity index (χ1) is 26.8. The van der Waals surface area contributed by atoms with Crippen LogP contribution in [0.2, 0.25) is 0 Å². The third-order valence-electron chi connectivity index (χ3n) is 11.3. The van der Waals surface area contributed by atoms with Crippen molar-refractivity contribution in [3.8, 4) is 44.6 Å². The van der Waals surface area contributed by atoms with E-state index in [9.17, 15) is 0 Å². The van der Waals surface area contributed by atoms with Gasteiger partial charge in [0.15, 0.2) is 0 Å². The van der Waals surface area contributed by atoms with Gasteiger partial charge in [0.1, 0.15) is 0 Å². The number of para-hydroxylation sites is 2. The van der Waals surface area contributed by atoms with Crippen molar-refractivity contribution in [1.82, 2.24) is 9.97 Å². The van der Waals surface area contributed by atoms with Gasteiger partial charge >= 0.3 is 0 Å². The second-order valence-corrected chi connectivity index (χ2v) is 14.1. The highest BCUT2D eigenvalue weighted by Gasteiger charge is 2.53. The maximum atomic E-state index is 5.55. The average Bonchev–Trinajstić information content (AvgIpc) is 3.72. The fourth-order valence-electron chi connectivity index (χ4n) is 9.18. The van der Waals surface area contributed by atoms with Crippen molar-refractivity contribution < 1.29 is 0 Å². The van der Waals surface area contributed by atoms with E-state index in [1.54, 1.807) is 0 Å². The van der Waals surface area contributed by atoms with Crippen molar-refractivity contribution in [3.05, 3.63) is 222 Å². The van der Waals surface area contributed by atoms with Gasteiger partial charge in [-0.2, -0.15) is 0 Å². The molecule has 0 N–H and O–H groups in total. The highest BCUT2D eigenvalue weighted by atomic mass is 15.3. The molecule has 0 bridgehead atoms. The van der Waals surface area contributed by atoms with E-state index in [4.69, 9.17) is 9.97 Å². The number of benzene rings is 8. The van der Waals surface area contributed by atoms with Gasteiger partial charge in [-0.25, -0.2) is 9.97 Å². The molecular weight excluding hydrogens is 655 g/mol. The van der Waals surface area contributed by atoms with Crippen molar-refractivity contribution in [2.24, 2.45) is 0 Å². The van der Waals surface area contributed by atoms with Crippen LogP contribution in [0.15, 0.2) is 200 Å². The van der Waals surface area contributed by atoms with Crippen molar-refractivity contribution in [2.45, 2.75) is 5.41 Å². The number of hydrogen-bond donors (Lipinski definition) is 0. The molecule has 11 rings (SSSR count). The average molecular weight is 688 g/mol. The Balaban J connectivity index is 1.29. The molecule has 2 aliphatic carbocycles. The van der Waals surface area contributed by atoms with E-state index >= 15 is 0 Å². The van der Waals surface area contributed by atoms with Crippen LogP contribution in [0.25, 0.3) is 55.5 Å². The molecule has 0 saturated carbocycles. The van der Waals surface area contributed by atoms with Crippen molar-refractivity contribution in [1.29, 1.82) is 0 Å². The standard InChI is InChI=1S/C51H33N3/c1-3-18-34(19-4-1)36-22-11-16-32-46(36)54(50-52-45-31-15-10-26-41(45)49(53-50)35-20-5-2-6-21-35)47-33-17-27-40-39-25-9-14-30-44(39)51(48(40)47)42-28-12-7-23-37(42)38-24-8-13-29-43(38)51/h1-33H. The number of hydrogen-bond acceptors (Lipinski definition) is 3. The van der Waals surface area contributed by atoms with Gasteiger partial charge in [-0.15, -0.1) is 0 Å². The van der Waals surface area contributed by atoms with Crippen molar-refractivity contribution >= 4 is 28.2 Å². The van der Waals surface area contributed by atoms with E-state index in [2.05, 4.69) is 205 Å². The molecule has 0 unspecified atom stereocenters. The second-order valence-electron chi connectivity index (χ2n) is 14.1. The van der Waals surface area contributed by atoms with Gasteiger partial charge in [0.25, 0.3) is 0 Å². The normalized spacial score (nSPS) is 13.0. The van der Waals surface area contributed by atoms with Crippen molar-refractivity contribution in [2.75, 3.05) is 4.90 Å². The lowest BCUT2D eigenvalue weighted by Gasteiger charge is -2.35. The van der Waals surface area contributed by atoms with Crippen LogP contribution >= 0.6 is 0 Å². The molecule has 1 heterocycles. The smallest absolute Gasteiger partial charge is 0.235 e. The maximum Gasteiger partial charge on any atom is 0.235 e. The van der Waals surface area contributed by atoms with E-state index in [-0.39, 0.29) is 0 Å². The van der Waals surface area contributed by atoms with E-state index in [1.165, 1.54) is 44.5 Å². The number of nitrogens with zero attached hydrogens (tertiary/aromatic N) is 3. The summed E-state index contributed by atoms with van der Waals surface area (Å²) in [5.41, 5.74) is 16.7. The summed E-state index contributed by atoms with van der Waals surface area (Å²) >= 11 is 0. The zero-order valence-electron chi connectivity index (χ0n) is 29.4. The summed E-state index contributed by atoms with van der Waals surface area (Å²) in [7, 11) is 0. The number of anilines is 3. The van der Waals surface area contributed by atoms with Gasteiger partial charge < -0.3 is 0 Å². The monoisotopic (exact) mass is 687 g/mol. The first kappa shape index (κ1) is 30.5. The molecule has 252 valence electrons. The minimum Gasteiger partial charge on any atom is -0.278 e. The summed E-state index contributed by atoms with van der Waals surface area (Å²) < 4.78 is 0. The van der Waals surface area contributed by atoms with Crippen LogP contribution in [0.5, 0.6) is 0 Å². The van der Waals surface area contributed by atoms with Crippen LogP contribution in [0.3, 0.4) is 0 Å². The van der Waals surface area contributed by atoms with E-state index in [1.807, 2.05) is 0 Å². The number of fused-ring (bicyclic) bond motifs is 11.